The average molecular weight is 404 g/mol. The zero-order valence-electron chi connectivity index (χ0n) is 18.1. The van der Waals surface area contributed by atoms with E-state index in [4.69, 9.17) is 4.74 Å². The minimum atomic E-state index is 0.232. The molecule has 156 valence electrons. The van der Waals surface area contributed by atoms with Gasteiger partial charge < -0.3 is 9.30 Å². The maximum Gasteiger partial charge on any atom is 0.204 e. The molecule has 2 aromatic heterocycles. The third-order valence-corrected chi connectivity index (χ3v) is 5.09. The van der Waals surface area contributed by atoms with Crippen molar-refractivity contribution in [1.29, 1.82) is 0 Å². The molecule has 0 aliphatic rings. The van der Waals surface area contributed by atoms with Gasteiger partial charge >= 0.3 is 0 Å². The van der Waals surface area contributed by atoms with Gasteiger partial charge in [0.15, 0.2) is 0 Å². The summed E-state index contributed by atoms with van der Waals surface area (Å²) in [5.41, 5.74) is 4.80. The van der Waals surface area contributed by atoms with E-state index >= 15 is 0 Å². The first-order chi connectivity index (χ1) is 14.4. The second-order valence-electron chi connectivity index (χ2n) is 8.95. The van der Waals surface area contributed by atoms with Gasteiger partial charge in [0.1, 0.15) is 12.4 Å². The van der Waals surface area contributed by atoms with Crippen LogP contribution in [0.2, 0.25) is 0 Å². The Balaban J connectivity index is 1.60. The van der Waals surface area contributed by atoms with Crippen molar-refractivity contribution in [1.82, 2.24) is 25.2 Å². The Morgan fingerprint density at radius 3 is 2.70 bits per heavy atom. The van der Waals surface area contributed by atoms with E-state index < -0.39 is 0 Å². The Bertz CT molecular complexity index is 1120. The largest absolute Gasteiger partial charge is 0.489 e. The summed E-state index contributed by atoms with van der Waals surface area (Å²) in [5, 5.41) is 15.5. The van der Waals surface area contributed by atoms with Crippen LogP contribution in [-0.4, -0.2) is 25.2 Å². The molecule has 0 spiro atoms. The summed E-state index contributed by atoms with van der Waals surface area (Å²) >= 11 is 0. The topological polar surface area (TPSA) is 68.6 Å². The van der Waals surface area contributed by atoms with Gasteiger partial charge in [-0.1, -0.05) is 52.3 Å². The van der Waals surface area contributed by atoms with Crippen molar-refractivity contribution < 1.29 is 4.74 Å². The molecule has 0 aliphatic heterocycles. The minimum Gasteiger partial charge on any atom is -0.489 e. The summed E-state index contributed by atoms with van der Waals surface area (Å²) < 4.78 is 8.65. The molecule has 0 saturated carbocycles. The fourth-order valence-corrected chi connectivity index (χ4v) is 3.85. The molecular weight excluding hydrogens is 374 g/mol. The lowest BCUT2D eigenvalue weighted by Crippen LogP contribution is -2.14. The van der Waals surface area contributed by atoms with Crippen LogP contribution >= 0.6 is 0 Å². The molecule has 0 saturated heterocycles. The molecule has 0 unspecified atom stereocenters. The number of aromatic nitrogens is 5. The third kappa shape index (κ3) is 4.37. The molecule has 0 amide bonds. The highest BCUT2D eigenvalue weighted by atomic mass is 16.5. The highest BCUT2D eigenvalue weighted by molar-refractivity contribution is 5.86. The Morgan fingerprint density at radius 2 is 1.97 bits per heavy atom. The van der Waals surface area contributed by atoms with Gasteiger partial charge in [-0.2, -0.15) is 5.21 Å². The summed E-state index contributed by atoms with van der Waals surface area (Å²) in [6.45, 7) is 10.5. The number of fused-ring (bicyclic) bond motifs is 1. The Hall–Kier alpha value is -3.15. The van der Waals surface area contributed by atoms with E-state index in [0.717, 1.165) is 36.3 Å². The van der Waals surface area contributed by atoms with Gasteiger partial charge in [-0.15, -0.1) is 10.2 Å². The van der Waals surface area contributed by atoms with Crippen LogP contribution in [0.1, 0.15) is 45.2 Å². The molecule has 0 aliphatic carbocycles. The van der Waals surface area contributed by atoms with Crippen molar-refractivity contribution in [3.8, 4) is 17.1 Å². The van der Waals surface area contributed by atoms with Gasteiger partial charge in [0.25, 0.3) is 0 Å². The normalized spacial score (nSPS) is 11.9. The number of aromatic amines is 1. The summed E-state index contributed by atoms with van der Waals surface area (Å²) in [7, 11) is 0. The molecule has 0 radical (unpaired) electrons. The van der Waals surface area contributed by atoms with E-state index in [2.05, 4.69) is 83.3 Å². The molecule has 4 rings (SSSR count). The number of rotatable bonds is 7. The van der Waals surface area contributed by atoms with Crippen molar-refractivity contribution in [2.24, 2.45) is 5.41 Å². The second-order valence-corrected chi connectivity index (χ2v) is 8.95. The van der Waals surface area contributed by atoms with Crippen LogP contribution in [0.3, 0.4) is 0 Å². The molecule has 6 nitrogen and oxygen atoms in total. The van der Waals surface area contributed by atoms with Crippen LogP contribution in [0.4, 0.5) is 0 Å². The third-order valence-electron chi connectivity index (χ3n) is 5.09. The number of hydrogen-bond acceptors (Lipinski definition) is 4. The second kappa shape index (κ2) is 8.30. The van der Waals surface area contributed by atoms with Gasteiger partial charge in [0.05, 0.1) is 0 Å². The lowest BCUT2D eigenvalue weighted by molar-refractivity contribution is 0.303. The van der Waals surface area contributed by atoms with Crippen LogP contribution < -0.4 is 4.74 Å². The molecule has 2 aromatic carbocycles. The molecule has 4 aromatic rings. The number of H-pyrrole nitrogens is 1. The number of nitrogens with one attached hydrogen (secondary N) is 1. The number of benzene rings is 2. The van der Waals surface area contributed by atoms with E-state index in [1.54, 1.807) is 0 Å². The zero-order valence-corrected chi connectivity index (χ0v) is 18.1. The van der Waals surface area contributed by atoms with Gasteiger partial charge in [-0.25, -0.2) is 0 Å². The van der Waals surface area contributed by atoms with Crippen molar-refractivity contribution >= 4 is 10.9 Å². The lowest BCUT2D eigenvalue weighted by Gasteiger charge is -2.20. The Morgan fingerprint density at radius 1 is 1.10 bits per heavy atom. The van der Waals surface area contributed by atoms with Gasteiger partial charge in [-0.05, 0) is 46.9 Å². The van der Waals surface area contributed by atoms with E-state index in [0.29, 0.717) is 12.4 Å². The van der Waals surface area contributed by atoms with E-state index in [-0.39, 0.29) is 5.41 Å². The zero-order chi connectivity index (χ0) is 21.1. The van der Waals surface area contributed by atoms with Crippen LogP contribution in [0.5, 0.6) is 5.75 Å². The lowest BCUT2D eigenvalue weighted by atomic mass is 9.97. The van der Waals surface area contributed by atoms with Crippen LogP contribution in [-0.2, 0) is 19.6 Å². The highest BCUT2D eigenvalue weighted by Crippen LogP contribution is 2.32. The van der Waals surface area contributed by atoms with Crippen LogP contribution in [0, 0.1) is 5.41 Å². The summed E-state index contributed by atoms with van der Waals surface area (Å²) in [4.78, 5) is 0. The minimum absolute atomic E-state index is 0.232. The monoisotopic (exact) mass is 403 g/mol. The quantitative estimate of drug-likeness (QED) is 0.449. The maximum atomic E-state index is 6.29. The van der Waals surface area contributed by atoms with E-state index in [1.165, 1.54) is 16.5 Å². The van der Waals surface area contributed by atoms with Crippen LogP contribution in [0.15, 0.2) is 48.7 Å². The molecule has 2 heterocycles. The fraction of sp³-hybridized carbons (Fsp3) is 0.375. The van der Waals surface area contributed by atoms with Gasteiger partial charge in [0.2, 0.25) is 5.82 Å². The first-order valence-electron chi connectivity index (χ1n) is 10.5. The molecular formula is C24H29N5O. The number of aryl methyl sites for hydroxylation is 1. The van der Waals surface area contributed by atoms with Crippen molar-refractivity contribution in [2.75, 3.05) is 0 Å². The number of nitrogens with zero attached hydrogens (tertiary/aromatic N) is 4. The molecule has 6 heteroatoms. The van der Waals surface area contributed by atoms with E-state index in [9.17, 15) is 0 Å². The standard InChI is InChI=1S/C24H29N5O/c1-5-7-20-19-12-13-29(16-24(2,3)4)21(19)10-11-22(20)30-15-17-8-6-9-18(14-17)23-25-27-28-26-23/h6,8-14H,5,7,15-16H2,1-4H3,(H,25,26,27,28). The Labute approximate surface area is 177 Å². The molecule has 0 atom stereocenters. The summed E-state index contributed by atoms with van der Waals surface area (Å²) in [5.74, 6) is 1.55. The smallest absolute Gasteiger partial charge is 0.204 e. The van der Waals surface area contributed by atoms with E-state index in [1.807, 2.05) is 18.2 Å². The molecule has 0 bridgehead atoms. The Kier molecular flexibility index (Phi) is 5.57. The molecule has 0 fully saturated rings. The van der Waals surface area contributed by atoms with Crippen molar-refractivity contribution in [2.45, 2.75) is 53.7 Å². The predicted molar refractivity (Wildman–Crippen MR) is 119 cm³/mol. The first kappa shape index (κ1) is 20.1. The molecule has 1 N–H and O–H groups in total. The van der Waals surface area contributed by atoms with Gasteiger partial charge in [-0.3, -0.25) is 0 Å². The van der Waals surface area contributed by atoms with Crippen molar-refractivity contribution in [3.63, 3.8) is 0 Å². The highest BCUT2D eigenvalue weighted by Gasteiger charge is 2.16. The number of ether oxygens (including phenoxy) is 1. The maximum absolute atomic E-state index is 6.29. The summed E-state index contributed by atoms with van der Waals surface area (Å²) in [6, 6.07) is 14.6. The molecule has 30 heavy (non-hydrogen) atoms. The number of hydrogen-bond donors (Lipinski definition) is 1. The number of tetrazole rings is 1. The van der Waals surface area contributed by atoms with Gasteiger partial charge in [0, 0.05) is 34.8 Å². The van der Waals surface area contributed by atoms with Crippen LogP contribution in [0.25, 0.3) is 22.3 Å². The summed E-state index contributed by atoms with van der Waals surface area (Å²) in [6.07, 6.45) is 4.27. The first-order valence-corrected chi connectivity index (χ1v) is 10.5. The predicted octanol–water partition coefficient (Wildman–Crippen LogP) is 5.40. The fourth-order valence-electron chi connectivity index (χ4n) is 3.85. The average Bonchev–Trinajstić information content (AvgIpc) is 3.37. The SMILES string of the molecule is CCCc1c(OCc2cccc(-c3nn[nH]n3)c2)ccc2c1ccn2CC(C)(C)C. The van der Waals surface area contributed by atoms with Crippen molar-refractivity contribution in [3.05, 3.63) is 59.8 Å².